The summed E-state index contributed by atoms with van der Waals surface area (Å²) in [6.07, 6.45) is 3.92. The predicted molar refractivity (Wildman–Crippen MR) is 339 cm³/mol. The largest absolute Gasteiger partial charge is 0.454 e. The Hall–Kier alpha value is -8.39. The van der Waals surface area contributed by atoms with Gasteiger partial charge >= 0.3 is 0 Å². The summed E-state index contributed by atoms with van der Waals surface area (Å²) in [5.41, 5.74) is 22.9. The molecule has 16 rings (SSSR count). The van der Waals surface area contributed by atoms with Gasteiger partial charge in [-0.3, -0.25) is 4.98 Å². The molecular formula is C73H61BN4OS. The van der Waals surface area contributed by atoms with Crippen LogP contribution in [0.1, 0.15) is 89.6 Å². The van der Waals surface area contributed by atoms with Crippen molar-refractivity contribution in [3.8, 4) is 11.3 Å². The van der Waals surface area contributed by atoms with Gasteiger partial charge in [0, 0.05) is 82.2 Å². The summed E-state index contributed by atoms with van der Waals surface area (Å²) in [5, 5.41) is 4.78. The maximum absolute atomic E-state index is 7.12. The number of hydrogen-bond acceptors (Lipinski definition) is 6. The molecule has 3 aliphatic heterocycles. The van der Waals surface area contributed by atoms with Gasteiger partial charge in [0.05, 0.1) is 22.6 Å². The van der Waals surface area contributed by atoms with Crippen LogP contribution in [-0.4, -0.2) is 11.7 Å². The van der Waals surface area contributed by atoms with Gasteiger partial charge in [-0.05, 0) is 154 Å². The normalized spacial score (nSPS) is 18.1. The quantitative estimate of drug-likeness (QED) is 0.164. The van der Waals surface area contributed by atoms with Crippen molar-refractivity contribution in [3.05, 3.63) is 228 Å². The number of pyridine rings is 1. The average Bonchev–Trinajstić information content (AvgIpc) is 3.86. The standard InChI is InChI=1S/C73H61BN4OS/c1-70(2,3)46-31-34-58-54(40-46)74-55-41-47(71(4,5)6)32-35-59(55)77(61-26-17-22-50-49-20-10-13-27-64(49)79-69(50)61)63-43-48(42-62(68(63)74)76(58)60-25-18-29-66-67(60)51-21-11-14-28-65(51)80-66)78-57-33-30-45(56-24-15-16-38-75-56)39-53(57)72(7)37-36-44-19-9-12-23-52(44)73(72,78)8/h9-35,38-43H,36-37H2,1-8H3. The van der Waals surface area contributed by atoms with Crippen molar-refractivity contribution in [2.75, 3.05) is 14.7 Å². The minimum absolute atomic E-state index is 0.0951. The van der Waals surface area contributed by atoms with Crippen LogP contribution in [-0.2, 0) is 28.2 Å². The van der Waals surface area contributed by atoms with Crippen LogP contribution in [0.25, 0.3) is 53.4 Å². The van der Waals surface area contributed by atoms with Crippen molar-refractivity contribution in [1.29, 1.82) is 0 Å². The Morgan fingerprint density at radius 2 is 1.15 bits per heavy atom. The Balaban J connectivity index is 1.07. The second-order valence-electron chi connectivity index (χ2n) is 25.4. The van der Waals surface area contributed by atoms with Crippen LogP contribution in [0, 0.1) is 0 Å². The van der Waals surface area contributed by atoms with Crippen molar-refractivity contribution < 1.29 is 4.42 Å². The van der Waals surface area contributed by atoms with E-state index in [1.165, 1.54) is 92.8 Å². The first-order valence-electron chi connectivity index (χ1n) is 28.5. The van der Waals surface area contributed by atoms with E-state index in [1.54, 1.807) is 0 Å². The molecule has 0 N–H and O–H groups in total. The highest BCUT2D eigenvalue weighted by molar-refractivity contribution is 7.26. The second kappa shape index (κ2) is 16.6. The van der Waals surface area contributed by atoms with E-state index in [2.05, 4.69) is 258 Å². The molecular weight excluding hydrogens is 992 g/mol. The van der Waals surface area contributed by atoms with E-state index >= 15 is 0 Å². The lowest BCUT2D eigenvalue weighted by Crippen LogP contribution is -2.62. The van der Waals surface area contributed by atoms with E-state index in [0.717, 1.165) is 63.1 Å². The zero-order chi connectivity index (χ0) is 54.2. The number of anilines is 8. The fraction of sp³-hybridized carbons (Fsp3) is 0.192. The molecule has 0 fully saturated rings. The third kappa shape index (κ3) is 6.50. The van der Waals surface area contributed by atoms with Crippen LogP contribution in [0.5, 0.6) is 0 Å². The van der Waals surface area contributed by atoms with Crippen molar-refractivity contribution in [2.45, 2.75) is 90.0 Å². The van der Waals surface area contributed by atoms with Gasteiger partial charge in [-0.15, -0.1) is 11.3 Å². The fourth-order valence-electron chi connectivity index (χ4n) is 14.8. The third-order valence-electron chi connectivity index (χ3n) is 19.0. The van der Waals surface area contributed by atoms with E-state index in [9.17, 15) is 0 Å². The molecule has 2 atom stereocenters. The molecule has 0 spiro atoms. The Kier molecular flexibility index (Phi) is 9.87. The average molecular weight is 1050 g/mol. The summed E-state index contributed by atoms with van der Waals surface area (Å²) in [6.45, 7) is 19.1. The highest BCUT2D eigenvalue weighted by Crippen LogP contribution is 2.65. The van der Waals surface area contributed by atoms with Gasteiger partial charge in [0.1, 0.15) is 5.58 Å². The summed E-state index contributed by atoms with van der Waals surface area (Å²) < 4.78 is 9.69. The highest BCUT2D eigenvalue weighted by atomic mass is 32.1. The van der Waals surface area contributed by atoms with Crippen LogP contribution in [0.4, 0.5) is 45.5 Å². The van der Waals surface area contributed by atoms with E-state index < -0.39 is 5.54 Å². The highest BCUT2D eigenvalue weighted by Gasteiger charge is 2.60. The molecule has 4 aliphatic rings. The van der Waals surface area contributed by atoms with Crippen molar-refractivity contribution in [1.82, 2.24) is 4.98 Å². The molecule has 3 aromatic heterocycles. The maximum atomic E-state index is 7.12. The van der Waals surface area contributed by atoms with Crippen LogP contribution in [0.3, 0.4) is 0 Å². The first kappa shape index (κ1) is 47.6. The van der Waals surface area contributed by atoms with Gasteiger partial charge in [0.2, 0.25) is 0 Å². The molecule has 5 nitrogen and oxygen atoms in total. The monoisotopic (exact) mass is 1050 g/mol. The Morgan fingerprint density at radius 3 is 1.89 bits per heavy atom. The lowest BCUT2D eigenvalue weighted by molar-refractivity contribution is 0.245. The van der Waals surface area contributed by atoms with Gasteiger partial charge < -0.3 is 19.1 Å². The van der Waals surface area contributed by atoms with Gasteiger partial charge in [-0.25, -0.2) is 0 Å². The smallest absolute Gasteiger partial charge is 0.252 e. The summed E-state index contributed by atoms with van der Waals surface area (Å²) in [4.78, 5) is 12.9. The fourth-order valence-corrected chi connectivity index (χ4v) is 16.0. The van der Waals surface area contributed by atoms with Crippen LogP contribution in [0.2, 0.25) is 0 Å². The Labute approximate surface area is 472 Å². The number of aryl methyl sites for hydroxylation is 1. The number of rotatable bonds is 4. The summed E-state index contributed by atoms with van der Waals surface area (Å²) in [5.74, 6) is 0. The summed E-state index contributed by atoms with van der Waals surface area (Å²) >= 11 is 1.88. The zero-order valence-corrected chi connectivity index (χ0v) is 47.5. The Morgan fingerprint density at radius 1 is 0.525 bits per heavy atom. The molecule has 0 amide bonds. The minimum Gasteiger partial charge on any atom is -0.454 e. The molecule has 1 aliphatic carbocycles. The number of nitrogens with zero attached hydrogens (tertiary/aromatic N) is 4. The van der Waals surface area contributed by atoms with E-state index in [-0.39, 0.29) is 23.0 Å². The van der Waals surface area contributed by atoms with Crippen LogP contribution < -0.4 is 31.1 Å². The number of fused-ring (bicyclic) bond motifs is 15. The molecule has 12 aromatic rings. The van der Waals surface area contributed by atoms with Crippen LogP contribution >= 0.6 is 11.3 Å². The molecule has 9 aromatic carbocycles. The topological polar surface area (TPSA) is 35.8 Å². The maximum Gasteiger partial charge on any atom is 0.252 e. The first-order valence-corrected chi connectivity index (χ1v) is 29.3. The van der Waals surface area contributed by atoms with Crippen molar-refractivity contribution in [3.63, 3.8) is 0 Å². The minimum atomic E-state index is -0.492. The number of hydrogen-bond donors (Lipinski definition) is 0. The van der Waals surface area contributed by atoms with Gasteiger partial charge in [0.25, 0.3) is 6.71 Å². The number of thiophene rings is 1. The number of benzene rings is 9. The molecule has 0 radical (unpaired) electrons. The third-order valence-corrected chi connectivity index (χ3v) is 20.2. The molecule has 0 saturated carbocycles. The Bertz CT molecular complexity index is 4600. The van der Waals surface area contributed by atoms with E-state index in [0.29, 0.717) is 0 Å². The molecule has 6 heterocycles. The summed E-state index contributed by atoms with van der Waals surface area (Å²) in [7, 11) is 0. The van der Waals surface area contributed by atoms with Gasteiger partial charge in [-0.2, -0.15) is 0 Å². The molecule has 2 unspecified atom stereocenters. The number of furan rings is 1. The second-order valence-corrected chi connectivity index (χ2v) is 26.5. The molecule has 0 saturated heterocycles. The molecule has 388 valence electrons. The number of aromatic nitrogens is 1. The van der Waals surface area contributed by atoms with Gasteiger partial charge in [0.15, 0.2) is 5.58 Å². The zero-order valence-electron chi connectivity index (χ0n) is 46.6. The van der Waals surface area contributed by atoms with Crippen molar-refractivity contribution in [2.24, 2.45) is 0 Å². The van der Waals surface area contributed by atoms with Crippen LogP contribution in [0.15, 0.2) is 205 Å². The SMILES string of the molecule is CC(C)(C)c1ccc2c(c1)B1c3cc(C(C)(C)C)ccc3N(c3cccc4sc5ccccc5c34)c3cc(N4c5ccc(-c6ccccn6)cc5C5(C)CCc6ccccc6C45C)cc(c31)N2c1cccc2c1oc1ccccc12. The van der Waals surface area contributed by atoms with Crippen molar-refractivity contribution >= 4 is 122 Å². The van der Waals surface area contributed by atoms with E-state index in [4.69, 9.17) is 9.40 Å². The predicted octanol–water partition coefficient (Wildman–Crippen LogP) is 18.0. The summed E-state index contributed by atoms with van der Waals surface area (Å²) in [6, 6.07) is 73.8. The molecule has 80 heavy (non-hydrogen) atoms. The van der Waals surface area contributed by atoms with Gasteiger partial charge in [-0.1, -0.05) is 164 Å². The lowest BCUT2D eigenvalue weighted by Gasteiger charge is -2.52. The lowest BCUT2D eigenvalue weighted by atomic mass is 9.33. The first-order chi connectivity index (χ1) is 38.7. The molecule has 7 heteroatoms. The number of para-hydroxylation sites is 2. The molecule has 0 bridgehead atoms. The van der Waals surface area contributed by atoms with E-state index in [1.807, 2.05) is 23.6 Å².